The molecule has 4 heteroatoms. The van der Waals surface area contributed by atoms with Gasteiger partial charge in [0.15, 0.2) is 0 Å². The van der Waals surface area contributed by atoms with E-state index in [-0.39, 0.29) is 12.5 Å². The fraction of sp³-hybridized carbons (Fsp3) is 0.462. The molecule has 1 amide bonds. The Morgan fingerprint density at radius 3 is 2.76 bits per heavy atom. The van der Waals surface area contributed by atoms with Crippen LogP contribution in [0.15, 0.2) is 24.3 Å². The van der Waals surface area contributed by atoms with Gasteiger partial charge in [-0.05, 0) is 25.5 Å². The van der Waals surface area contributed by atoms with Gasteiger partial charge in [0.25, 0.3) is 5.91 Å². The summed E-state index contributed by atoms with van der Waals surface area (Å²) < 4.78 is 0. The van der Waals surface area contributed by atoms with Crippen molar-refractivity contribution in [1.29, 1.82) is 0 Å². The Bertz CT molecular complexity index is 364. The summed E-state index contributed by atoms with van der Waals surface area (Å²) in [6, 6.07) is 7.38. The number of benzene rings is 1. The maximum atomic E-state index is 11.9. The van der Waals surface area contributed by atoms with E-state index in [0.29, 0.717) is 5.56 Å². The average Bonchev–Trinajstić information content (AvgIpc) is 2.33. The Morgan fingerprint density at radius 1 is 1.41 bits per heavy atom. The Morgan fingerprint density at radius 2 is 2.12 bits per heavy atom. The van der Waals surface area contributed by atoms with Crippen LogP contribution in [0.25, 0.3) is 0 Å². The second-order valence-electron chi connectivity index (χ2n) is 4.03. The van der Waals surface area contributed by atoms with E-state index in [1.165, 1.54) is 0 Å². The number of rotatable bonds is 6. The third-order valence-corrected chi connectivity index (χ3v) is 2.30. The van der Waals surface area contributed by atoms with Crippen LogP contribution in [0.1, 0.15) is 30.6 Å². The molecule has 3 N–H and O–H groups in total. The summed E-state index contributed by atoms with van der Waals surface area (Å²) in [7, 11) is 0. The number of para-hydroxylation sites is 1. The quantitative estimate of drug-likeness (QED) is 0.703. The van der Waals surface area contributed by atoms with Crippen LogP contribution < -0.4 is 10.6 Å². The van der Waals surface area contributed by atoms with Gasteiger partial charge >= 0.3 is 0 Å². The van der Waals surface area contributed by atoms with E-state index < -0.39 is 6.10 Å². The number of carbonyl (C=O) groups is 1. The van der Waals surface area contributed by atoms with Gasteiger partial charge < -0.3 is 15.7 Å². The molecule has 0 spiro atoms. The Kier molecular flexibility index (Phi) is 5.49. The zero-order valence-electron chi connectivity index (χ0n) is 10.4. The zero-order chi connectivity index (χ0) is 12.7. The number of amides is 1. The van der Waals surface area contributed by atoms with E-state index in [9.17, 15) is 4.79 Å². The maximum Gasteiger partial charge on any atom is 0.253 e. The van der Waals surface area contributed by atoms with E-state index in [4.69, 9.17) is 5.11 Å². The number of aliphatic hydroxyl groups excluding tert-OH is 1. The van der Waals surface area contributed by atoms with Gasteiger partial charge in [0.2, 0.25) is 0 Å². The Hall–Kier alpha value is -1.55. The first-order chi connectivity index (χ1) is 8.15. The number of anilines is 1. The lowest BCUT2D eigenvalue weighted by Crippen LogP contribution is -2.31. The van der Waals surface area contributed by atoms with Crippen molar-refractivity contribution < 1.29 is 9.90 Å². The summed E-state index contributed by atoms with van der Waals surface area (Å²) in [4.78, 5) is 11.9. The molecule has 1 aromatic rings. The van der Waals surface area contributed by atoms with E-state index in [0.717, 1.165) is 18.7 Å². The fourth-order valence-electron chi connectivity index (χ4n) is 1.43. The van der Waals surface area contributed by atoms with Crippen molar-refractivity contribution in [3.8, 4) is 0 Å². The highest BCUT2D eigenvalue weighted by molar-refractivity contribution is 5.99. The predicted octanol–water partition coefficient (Wildman–Crippen LogP) is 1.62. The van der Waals surface area contributed by atoms with Gasteiger partial charge in [-0.1, -0.05) is 19.1 Å². The third-order valence-electron chi connectivity index (χ3n) is 2.30. The van der Waals surface area contributed by atoms with Crippen molar-refractivity contribution in [3.63, 3.8) is 0 Å². The van der Waals surface area contributed by atoms with Gasteiger partial charge in [0.1, 0.15) is 0 Å². The summed E-state index contributed by atoms with van der Waals surface area (Å²) >= 11 is 0. The molecule has 0 aliphatic rings. The lowest BCUT2D eigenvalue weighted by atomic mass is 10.1. The molecule has 0 aliphatic heterocycles. The van der Waals surface area contributed by atoms with Crippen LogP contribution in [0.4, 0.5) is 5.69 Å². The normalized spacial score (nSPS) is 11.9. The third kappa shape index (κ3) is 4.44. The first-order valence-electron chi connectivity index (χ1n) is 5.94. The predicted molar refractivity (Wildman–Crippen MR) is 69.2 cm³/mol. The molecular formula is C13H20N2O2. The van der Waals surface area contributed by atoms with Crippen LogP contribution in [0.5, 0.6) is 0 Å². The topological polar surface area (TPSA) is 61.4 Å². The maximum absolute atomic E-state index is 11.9. The highest BCUT2D eigenvalue weighted by Gasteiger charge is 2.10. The summed E-state index contributed by atoms with van der Waals surface area (Å²) in [5, 5.41) is 15.0. The molecule has 94 valence electrons. The second kappa shape index (κ2) is 6.91. The molecule has 0 radical (unpaired) electrons. The van der Waals surface area contributed by atoms with Crippen LogP contribution in [-0.2, 0) is 0 Å². The average molecular weight is 236 g/mol. The van der Waals surface area contributed by atoms with Crippen molar-refractivity contribution >= 4 is 11.6 Å². The van der Waals surface area contributed by atoms with Crippen LogP contribution in [0.3, 0.4) is 0 Å². The van der Waals surface area contributed by atoms with Crippen molar-refractivity contribution in [1.82, 2.24) is 5.32 Å². The largest absolute Gasteiger partial charge is 0.392 e. The van der Waals surface area contributed by atoms with Crippen LogP contribution in [0.2, 0.25) is 0 Å². The van der Waals surface area contributed by atoms with E-state index in [1.807, 2.05) is 18.2 Å². The highest BCUT2D eigenvalue weighted by atomic mass is 16.3. The smallest absolute Gasteiger partial charge is 0.253 e. The van der Waals surface area contributed by atoms with Gasteiger partial charge in [0, 0.05) is 18.8 Å². The zero-order valence-corrected chi connectivity index (χ0v) is 10.4. The van der Waals surface area contributed by atoms with Crippen molar-refractivity contribution in [2.45, 2.75) is 26.4 Å². The van der Waals surface area contributed by atoms with Gasteiger partial charge in [-0.25, -0.2) is 0 Å². The molecule has 0 saturated heterocycles. The van der Waals surface area contributed by atoms with E-state index in [2.05, 4.69) is 17.6 Å². The first-order valence-corrected chi connectivity index (χ1v) is 5.94. The van der Waals surface area contributed by atoms with Gasteiger partial charge in [-0.2, -0.15) is 0 Å². The summed E-state index contributed by atoms with van der Waals surface area (Å²) in [5.41, 5.74) is 1.44. The number of carbonyl (C=O) groups excluding carboxylic acids is 1. The minimum atomic E-state index is -0.533. The fourth-order valence-corrected chi connectivity index (χ4v) is 1.43. The number of aliphatic hydroxyl groups is 1. The molecule has 0 bridgehead atoms. The van der Waals surface area contributed by atoms with Gasteiger partial charge in [-0.3, -0.25) is 4.79 Å². The van der Waals surface area contributed by atoms with Gasteiger partial charge in [0.05, 0.1) is 11.7 Å². The molecule has 0 saturated carbocycles. The lowest BCUT2D eigenvalue weighted by Gasteiger charge is -2.12. The van der Waals surface area contributed by atoms with Crippen molar-refractivity contribution in [2.75, 3.05) is 18.4 Å². The molecule has 4 nitrogen and oxygen atoms in total. The molecule has 1 aromatic carbocycles. The SMILES string of the molecule is CCCNc1ccccc1C(=O)NCC(C)O. The summed E-state index contributed by atoms with van der Waals surface area (Å²) in [5.74, 6) is -0.162. The van der Waals surface area contributed by atoms with E-state index in [1.54, 1.807) is 13.0 Å². The van der Waals surface area contributed by atoms with Gasteiger partial charge in [-0.15, -0.1) is 0 Å². The van der Waals surface area contributed by atoms with Crippen LogP contribution in [0, 0.1) is 0 Å². The van der Waals surface area contributed by atoms with E-state index >= 15 is 0 Å². The molecule has 17 heavy (non-hydrogen) atoms. The standard InChI is InChI=1S/C13H20N2O2/c1-3-8-14-12-7-5-4-6-11(12)13(17)15-9-10(2)16/h4-7,10,14,16H,3,8-9H2,1-2H3,(H,15,17). The molecule has 0 fully saturated rings. The number of hydrogen-bond acceptors (Lipinski definition) is 3. The number of hydrogen-bond donors (Lipinski definition) is 3. The second-order valence-corrected chi connectivity index (χ2v) is 4.03. The minimum absolute atomic E-state index is 0.162. The monoisotopic (exact) mass is 236 g/mol. The summed E-state index contributed by atoms with van der Waals surface area (Å²) in [6.45, 7) is 4.81. The highest BCUT2D eigenvalue weighted by Crippen LogP contribution is 2.14. The molecule has 0 aliphatic carbocycles. The Balaban J connectivity index is 2.70. The minimum Gasteiger partial charge on any atom is -0.392 e. The molecule has 1 atom stereocenters. The van der Waals surface area contributed by atoms with Crippen LogP contribution in [-0.4, -0.2) is 30.2 Å². The van der Waals surface area contributed by atoms with Crippen molar-refractivity contribution in [2.24, 2.45) is 0 Å². The summed E-state index contributed by atoms with van der Waals surface area (Å²) in [6.07, 6.45) is 0.471. The molecule has 1 rings (SSSR count). The molecule has 0 aromatic heterocycles. The number of nitrogens with one attached hydrogen (secondary N) is 2. The van der Waals surface area contributed by atoms with Crippen LogP contribution >= 0.6 is 0 Å². The lowest BCUT2D eigenvalue weighted by molar-refractivity contribution is 0.0925. The van der Waals surface area contributed by atoms with Crippen molar-refractivity contribution in [3.05, 3.63) is 29.8 Å². The Labute approximate surface area is 102 Å². The molecule has 0 heterocycles. The molecular weight excluding hydrogens is 216 g/mol. The first kappa shape index (κ1) is 13.5. The molecule has 1 unspecified atom stereocenters.